The Balaban J connectivity index is 1.71. The number of rotatable bonds is 3. The third-order valence-electron chi connectivity index (χ3n) is 4.38. The van der Waals surface area contributed by atoms with E-state index >= 15 is 0 Å². The van der Waals surface area contributed by atoms with E-state index in [1.807, 2.05) is 31.2 Å². The number of nitrogens with one attached hydrogen (secondary N) is 2. The van der Waals surface area contributed by atoms with Crippen molar-refractivity contribution in [2.45, 2.75) is 13.8 Å². The van der Waals surface area contributed by atoms with Crippen LogP contribution in [0.1, 0.15) is 21.9 Å². The maximum absolute atomic E-state index is 12.9. The van der Waals surface area contributed by atoms with Gasteiger partial charge in [-0.1, -0.05) is 12.1 Å². The Morgan fingerprint density at radius 2 is 1.96 bits per heavy atom. The Bertz CT molecular complexity index is 1270. The molecule has 28 heavy (non-hydrogen) atoms. The lowest BCUT2D eigenvalue weighted by Gasteiger charge is -2.09. The van der Waals surface area contributed by atoms with Crippen LogP contribution in [0.2, 0.25) is 0 Å². The van der Waals surface area contributed by atoms with E-state index in [1.165, 1.54) is 4.68 Å². The highest BCUT2D eigenvalue weighted by Gasteiger charge is 2.18. The van der Waals surface area contributed by atoms with E-state index in [1.54, 1.807) is 32.3 Å². The number of aromatic nitrogens is 5. The van der Waals surface area contributed by atoms with Gasteiger partial charge in [-0.25, -0.2) is 15.0 Å². The summed E-state index contributed by atoms with van der Waals surface area (Å²) in [7, 11) is 1.69. The van der Waals surface area contributed by atoms with E-state index in [-0.39, 0.29) is 22.4 Å². The zero-order chi connectivity index (χ0) is 19.8. The molecule has 0 unspecified atom stereocenters. The number of benzene rings is 1. The second-order valence-corrected chi connectivity index (χ2v) is 6.53. The third-order valence-corrected chi connectivity index (χ3v) is 4.38. The fourth-order valence-corrected chi connectivity index (χ4v) is 3.14. The summed E-state index contributed by atoms with van der Waals surface area (Å²) in [5.41, 5.74) is 3.27. The normalized spacial score (nSPS) is 11.0. The van der Waals surface area contributed by atoms with E-state index in [0.717, 1.165) is 11.3 Å². The topological polar surface area (TPSA) is 106 Å². The molecule has 0 atom stereocenters. The summed E-state index contributed by atoms with van der Waals surface area (Å²) < 4.78 is 1.51. The molecular formula is C20H18N6O2. The fraction of sp³-hybridized carbons (Fsp3) is 0.150. The summed E-state index contributed by atoms with van der Waals surface area (Å²) in [6.07, 6.45) is 1.70. The molecule has 0 fully saturated rings. The van der Waals surface area contributed by atoms with Gasteiger partial charge >= 0.3 is 0 Å². The molecular weight excluding hydrogens is 356 g/mol. The zero-order valence-electron chi connectivity index (χ0n) is 15.6. The van der Waals surface area contributed by atoms with E-state index < -0.39 is 0 Å². The van der Waals surface area contributed by atoms with Gasteiger partial charge in [0.05, 0.1) is 16.6 Å². The van der Waals surface area contributed by atoms with Gasteiger partial charge in [-0.3, -0.25) is 19.4 Å². The van der Waals surface area contributed by atoms with Gasteiger partial charge < -0.3 is 5.32 Å². The second kappa shape index (κ2) is 6.73. The average Bonchev–Trinajstić information content (AvgIpc) is 2.95. The van der Waals surface area contributed by atoms with Crippen LogP contribution < -0.4 is 10.9 Å². The number of hydrogen-bond acceptors (Lipinski definition) is 5. The van der Waals surface area contributed by atoms with Gasteiger partial charge in [-0.05, 0) is 38.1 Å². The number of carbonyl (C=O) groups is 1. The monoisotopic (exact) mass is 374 g/mol. The predicted octanol–water partition coefficient (Wildman–Crippen LogP) is 2.59. The van der Waals surface area contributed by atoms with Crippen LogP contribution in [0.15, 0.2) is 47.4 Å². The highest BCUT2D eigenvalue weighted by molar-refractivity contribution is 6.12. The summed E-state index contributed by atoms with van der Waals surface area (Å²) >= 11 is 0. The molecule has 1 aromatic carbocycles. The molecule has 0 aliphatic rings. The number of anilines is 1. The van der Waals surface area contributed by atoms with Gasteiger partial charge in [0.1, 0.15) is 5.82 Å². The number of hydrogen-bond donors (Lipinski definition) is 2. The SMILES string of the molecule is Cc1cc(C(=O)Nc2cccc(-c3ccnc(C)n3)c2)c2c(=O)[nH]n(C)c2n1. The van der Waals surface area contributed by atoms with Crippen LogP contribution in [0.4, 0.5) is 5.69 Å². The van der Waals surface area contributed by atoms with Gasteiger partial charge in [-0.15, -0.1) is 0 Å². The minimum absolute atomic E-state index is 0.271. The van der Waals surface area contributed by atoms with E-state index in [4.69, 9.17) is 0 Å². The first-order valence-corrected chi connectivity index (χ1v) is 8.70. The Morgan fingerprint density at radius 1 is 1.14 bits per heavy atom. The molecule has 0 radical (unpaired) electrons. The van der Waals surface area contributed by atoms with Gasteiger partial charge in [0, 0.05) is 30.2 Å². The predicted molar refractivity (Wildman–Crippen MR) is 106 cm³/mol. The molecule has 0 spiro atoms. The number of H-pyrrole nitrogens is 1. The van der Waals surface area contributed by atoms with Crippen LogP contribution in [0.25, 0.3) is 22.3 Å². The van der Waals surface area contributed by atoms with Crippen LogP contribution in [0.5, 0.6) is 0 Å². The Labute approximate surface area is 160 Å². The molecule has 0 aliphatic carbocycles. The van der Waals surface area contributed by atoms with Crippen LogP contribution in [0, 0.1) is 13.8 Å². The van der Waals surface area contributed by atoms with Gasteiger partial charge in [-0.2, -0.15) is 0 Å². The quantitative estimate of drug-likeness (QED) is 0.573. The highest BCUT2D eigenvalue weighted by Crippen LogP contribution is 2.22. The van der Waals surface area contributed by atoms with Gasteiger partial charge in [0.25, 0.3) is 11.5 Å². The Morgan fingerprint density at radius 3 is 2.75 bits per heavy atom. The van der Waals surface area contributed by atoms with Crippen LogP contribution in [-0.4, -0.2) is 30.6 Å². The summed E-state index contributed by atoms with van der Waals surface area (Å²) in [6, 6.07) is 10.8. The minimum Gasteiger partial charge on any atom is -0.322 e. The second-order valence-electron chi connectivity index (χ2n) is 6.53. The maximum atomic E-state index is 12.9. The molecule has 1 amide bonds. The lowest BCUT2D eigenvalue weighted by atomic mass is 10.1. The first-order valence-electron chi connectivity index (χ1n) is 8.70. The lowest BCUT2D eigenvalue weighted by molar-refractivity contribution is 0.102. The Kier molecular flexibility index (Phi) is 4.23. The zero-order valence-corrected chi connectivity index (χ0v) is 15.6. The molecule has 8 nitrogen and oxygen atoms in total. The summed E-state index contributed by atoms with van der Waals surface area (Å²) in [6.45, 7) is 3.61. The molecule has 0 saturated carbocycles. The molecule has 3 heterocycles. The molecule has 4 aromatic rings. The largest absolute Gasteiger partial charge is 0.322 e. The molecule has 140 valence electrons. The van der Waals surface area contributed by atoms with Crippen LogP contribution in [-0.2, 0) is 7.05 Å². The lowest BCUT2D eigenvalue weighted by Crippen LogP contribution is -2.15. The smallest absolute Gasteiger partial charge is 0.274 e. The standard InChI is InChI=1S/C20H18N6O2/c1-11-9-15(17-18(22-11)26(3)25-20(17)28)19(27)24-14-6-4-5-13(10-14)16-7-8-21-12(2)23-16/h4-10H,1-3H3,(H,24,27)(H,25,28). The van der Waals surface area contributed by atoms with Crippen molar-refractivity contribution >= 4 is 22.6 Å². The third kappa shape index (κ3) is 3.16. The molecule has 2 N–H and O–H groups in total. The molecule has 0 saturated heterocycles. The number of amides is 1. The van der Waals surface area contributed by atoms with Crippen molar-refractivity contribution in [3.8, 4) is 11.3 Å². The van der Waals surface area contributed by atoms with Gasteiger partial charge in [0.15, 0.2) is 5.65 Å². The van der Waals surface area contributed by atoms with Gasteiger partial charge in [0.2, 0.25) is 0 Å². The number of aryl methyl sites for hydroxylation is 3. The number of pyridine rings is 1. The average molecular weight is 374 g/mol. The summed E-state index contributed by atoms with van der Waals surface area (Å²) in [4.78, 5) is 38.0. The first kappa shape index (κ1) is 17.6. The first-order chi connectivity index (χ1) is 13.4. The molecule has 4 rings (SSSR count). The van der Waals surface area contributed by atoms with Crippen molar-refractivity contribution < 1.29 is 4.79 Å². The van der Waals surface area contributed by atoms with Crippen molar-refractivity contribution in [2.75, 3.05) is 5.32 Å². The maximum Gasteiger partial charge on any atom is 0.274 e. The van der Waals surface area contributed by atoms with Crippen molar-refractivity contribution in [1.29, 1.82) is 0 Å². The summed E-state index contributed by atoms with van der Waals surface area (Å²) in [5, 5.41) is 5.78. The Hall–Kier alpha value is -3.81. The fourth-order valence-electron chi connectivity index (χ4n) is 3.14. The number of fused-ring (bicyclic) bond motifs is 1. The minimum atomic E-state index is -0.372. The van der Waals surface area contributed by atoms with E-state index in [0.29, 0.717) is 22.9 Å². The van der Waals surface area contributed by atoms with E-state index in [2.05, 4.69) is 25.4 Å². The van der Waals surface area contributed by atoms with Crippen molar-refractivity contribution in [3.05, 3.63) is 70.0 Å². The summed E-state index contributed by atoms with van der Waals surface area (Å²) in [5.74, 6) is 0.299. The molecule has 0 bridgehead atoms. The molecule has 8 heteroatoms. The van der Waals surface area contributed by atoms with Crippen LogP contribution in [0.3, 0.4) is 0 Å². The van der Waals surface area contributed by atoms with Crippen LogP contribution >= 0.6 is 0 Å². The number of nitrogens with zero attached hydrogens (tertiary/aromatic N) is 4. The number of aromatic amines is 1. The van der Waals surface area contributed by atoms with Crippen molar-refractivity contribution in [1.82, 2.24) is 24.7 Å². The number of carbonyl (C=O) groups excluding carboxylic acids is 1. The van der Waals surface area contributed by atoms with E-state index in [9.17, 15) is 9.59 Å². The highest BCUT2D eigenvalue weighted by atomic mass is 16.2. The molecule has 0 aliphatic heterocycles. The van der Waals surface area contributed by atoms with Crippen molar-refractivity contribution in [3.63, 3.8) is 0 Å². The molecule has 3 aromatic heterocycles. The van der Waals surface area contributed by atoms with Crippen molar-refractivity contribution in [2.24, 2.45) is 7.05 Å².